The summed E-state index contributed by atoms with van der Waals surface area (Å²) in [6.45, 7) is 8.22. The summed E-state index contributed by atoms with van der Waals surface area (Å²) >= 11 is 0. The second kappa shape index (κ2) is 3.84. The van der Waals surface area contributed by atoms with Crippen molar-refractivity contribution in [3.8, 4) is 0 Å². The summed E-state index contributed by atoms with van der Waals surface area (Å²) < 4.78 is 2.42. The van der Waals surface area contributed by atoms with Crippen LogP contribution >= 0.6 is 0 Å². The normalized spacial score (nSPS) is 25.8. The molecule has 0 radical (unpaired) electrons. The Labute approximate surface area is 104 Å². The van der Waals surface area contributed by atoms with Crippen molar-refractivity contribution in [2.75, 3.05) is 13.1 Å². The van der Waals surface area contributed by atoms with Crippen LogP contribution in [0.5, 0.6) is 0 Å². The molecule has 1 saturated carbocycles. The van der Waals surface area contributed by atoms with Gasteiger partial charge in [-0.15, -0.1) is 0 Å². The molecule has 94 valence electrons. The predicted molar refractivity (Wildman–Crippen MR) is 69.0 cm³/mol. The monoisotopic (exact) mass is 233 g/mol. The maximum absolute atomic E-state index is 4.40. The van der Waals surface area contributed by atoms with Crippen LogP contribution in [-0.4, -0.2) is 22.6 Å². The summed E-state index contributed by atoms with van der Waals surface area (Å²) in [6, 6.07) is 0. The number of nitrogens with zero attached hydrogens (tertiary/aromatic N) is 2. The average molecular weight is 233 g/mol. The molecule has 1 aromatic heterocycles. The number of imidazole rings is 1. The molecule has 0 amide bonds. The van der Waals surface area contributed by atoms with Crippen LogP contribution in [0.2, 0.25) is 0 Å². The van der Waals surface area contributed by atoms with Crippen molar-refractivity contribution in [2.24, 2.45) is 5.41 Å². The lowest BCUT2D eigenvalue weighted by atomic mass is 9.78. The molecule has 0 spiro atoms. The smallest absolute Gasteiger partial charge is 0.0948 e. The topological polar surface area (TPSA) is 29.9 Å². The Morgan fingerprint density at radius 2 is 1.94 bits per heavy atom. The molecule has 0 aromatic carbocycles. The molecule has 0 atom stereocenters. The molecule has 3 rings (SSSR count). The fourth-order valence-corrected chi connectivity index (χ4v) is 2.97. The molecule has 0 bridgehead atoms. The summed E-state index contributed by atoms with van der Waals surface area (Å²) in [5.74, 6) is 0. The Kier molecular flexibility index (Phi) is 2.54. The van der Waals surface area contributed by atoms with Crippen molar-refractivity contribution >= 4 is 0 Å². The molecule has 1 aromatic rings. The summed E-state index contributed by atoms with van der Waals surface area (Å²) in [5.41, 5.74) is 2.33. The van der Waals surface area contributed by atoms with Gasteiger partial charge in [0.15, 0.2) is 0 Å². The second-order valence-corrected chi connectivity index (χ2v) is 6.53. The van der Waals surface area contributed by atoms with Crippen LogP contribution in [0.15, 0.2) is 12.5 Å². The Bertz CT molecular complexity index is 397. The Hall–Kier alpha value is -0.830. The van der Waals surface area contributed by atoms with E-state index >= 15 is 0 Å². The molecular weight excluding hydrogens is 210 g/mol. The molecular formula is C14H23N3. The molecule has 3 nitrogen and oxygen atoms in total. The van der Waals surface area contributed by atoms with Crippen LogP contribution in [0.25, 0.3) is 0 Å². The van der Waals surface area contributed by atoms with Crippen molar-refractivity contribution in [1.29, 1.82) is 0 Å². The molecule has 1 N–H and O–H groups in total. The van der Waals surface area contributed by atoms with E-state index in [1.165, 1.54) is 31.4 Å². The second-order valence-electron chi connectivity index (χ2n) is 6.53. The lowest BCUT2D eigenvalue weighted by molar-refractivity contribution is 0.308. The first kappa shape index (κ1) is 11.3. The largest absolute Gasteiger partial charge is 0.334 e. The van der Waals surface area contributed by atoms with Crippen molar-refractivity contribution in [3.63, 3.8) is 0 Å². The third-order valence-corrected chi connectivity index (χ3v) is 4.69. The molecule has 2 heterocycles. The van der Waals surface area contributed by atoms with Crippen molar-refractivity contribution in [1.82, 2.24) is 14.9 Å². The highest BCUT2D eigenvalue weighted by molar-refractivity contribution is 5.16. The third kappa shape index (κ3) is 2.13. The highest BCUT2D eigenvalue weighted by atomic mass is 15.1. The summed E-state index contributed by atoms with van der Waals surface area (Å²) in [4.78, 5) is 4.40. The van der Waals surface area contributed by atoms with Gasteiger partial charge in [-0.1, -0.05) is 13.8 Å². The van der Waals surface area contributed by atoms with Gasteiger partial charge in [-0.2, -0.15) is 0 Å². The van der Waals surface area contributed by atoms with E-state index in [-0.39, 0.29) is 0 Å². The average Bonchev–Trinajstić information content (AvgIpc) is 2.85. The van der Waals surface area contributed by atoms with E-state index in [4.69, 9.17) is 0 Å². The van der Waals surface area contributed by atoms with Gasteiger partial charge in [0.25, 0.3) is 0 Å². The predicted octanol–water partition coefficient (Wildman–Crippen LogP) is 2.32. The Morgan fingerprint density at radius 3 is 2.59 bits per heavy atom. The van der Waals surface area contributed by atoms with Gasteiger partial charge in [-0.05, 0) is 44.2 Å². The van der Waals surface area contributed by atoms with Crippen molar-refractivity contribution < 1.29 is 0 Å². The van der Waals surface area contributed by atoms with E-state index in [0.717, 1.165) is 19.6 Å². The van der Waals surface area contributed by atoms with Crippen LogP contribution in [0.3, 0.4) is 0 Å². The summed E-state index contributed by atoms with van der Waals surface area (Å²) in [6.07, 6.45) is 9.35. The zero-order valence-corrected chi connectivity index (χ0v) is 11.0. The van der Waals surface area contributed by atoms with Gasteiger partial charge in [-0.3, -0.25) is 0 Å². The van der Waals surface area contributed by atoms with E-state index in [9.17, 15) is 0 Å². The van der Waals surface area contributed by atoms with Crippen LogP contribution in [-0.2, 0) is 12.0 Å². The number of hydrogen-bond donors (Lipinski definition) is 1. The van der Waals surface area contributed by atoms with Gasteiger partial charge >= 0.3 is 0 Å². The molecule has 0 unspecified atom stereocenters. The van der Waals surface area contributed by atoms with E-state index in [1.807, 2.05) is 6.33 Å². The maximum Gasteiger partial charge on any atom is 0.0948 e. The molecule has 1 saturated heterocycles. The minimum Gasteiger partial charge on any atom is -0.334 e. The fourth-order valence-electron chi connectivity index (χ4n) is 2.97. The van der Waals surface area contributed by atoms with E-state index in [0.29, 0.717) is 10.8 Å². The first-order valence-electron chi connectivity index (χ1n) is 6.83. The Balaban J connectivity index is 1.84. The molecule has 1 aliphatic carbocycles. The highest BCUT2D eigenvalue weighted by Crippen LogP contribution is 2.47. The van der Waals surface area contributed by atoms with Crippen LogP contribution < -0.4 is 5.32 Å². The molecule has 17 heavy (non-hydrogen) atoms. The van der Waals surface area contributed by atoms with Crippen LogP contribution in [0, 0.1) is 5.41 Å². The highest BCUT2D eigenvalue weighted by Gasteiger charge is 2.39. The number of rotatable bonds is 3. The van der Waals surface area contributed by atoms with Gasteiger partial charge in [0.1, 0.15) is 0 Å². The number of aromatic nitrogens is 2. The summed E-state index contributed by atoms with van der Waals surface area (Å²) in [5, 5.41) is 3.45. The number of piperidine rings is 1. The summed E-state index contributed by atoms with van der Waals surface area (Å²) in [7, 11) is 0. The molecule has 2 fully saturated rings. The zero-order valence-electron chi connectivity index (χ0n) is 11.0. The first-order chi connectivity index (χ1) is 8.11. The van der Waals surface area contributed by atoms with E-state index in [1.54, 1.807) is 0 Å². The van der Waals surface area contributed by atoms with Crippen LogP contribution in [0.1, 0.15) is 45.2 Å². The number of hydrogen-bond acceptors (Lipinski definition) is 2. The third-order valence-electron chi connectivity index (χ3n) is 4.69. The van der Waals surface area contributed by atoms with E-state index in [2.05, 4.69) is 34.9 Å². The molecule has 3 heteroatoms. The standard InChI is InChI=1S/C14H23N3/c1-13(3-4-13)10-17-11-16-9-12(17)14(2)5-7-15-8-6-14/h9,11,15H,3-8,10H2,1-2H3. The van der Waals surface area contributed by atoms with Crippen molar-refractivity contribution in [2.45, 2.75) is 51.5 Å². The molecule has 2 aliphatic rings. The van der Waals surface area contributed by atoms with Gasteiger partial charge < -0.3 is 9.88 Å². The van der Waals surface area contributed by atoms with E-state index < -0.39 is 0 Å². The SMILES string of the molecule is CC1(Cn2cncc2C2(C)CCNCC2)CC1. The van der Waals surface area contributed by atoms with Gasteiger partial charge in [0.2, 0.25) is 0 Å². The number of nitrogens with one attached hydrogen (secondary N) is 1. The first-order valence-corrected chi connectivity index (χ1v) is 6.83. The lowest BCUT2D eigenvalue weighted by Gasteiger charge is -2.35. The maximum atomic E-state index is 4.40. The van der Waals surface area contributed by atoms with Gasteiger partial charge in [0, 0.05) is 23.9 Å². The van der Waals surface area contributed by atoms with Gasteiger partial charge in [-0.25, -0.2) is 4.98 Å². The fraction of sp³-hybridized carbons (Fsp3) is 0.786. The lowest BCUT2D eigenvalue weighted by Crippen LogP contribution is -2.39. The quantitative estimate of drug-likeness (QED) is 0.868. The molecule has 1 aliphatic heterocycles. The Morgan fingerprint density at radius 1 is 1.24 bits per heavy atom. The van der Waals surface area contributed by atoms with Crippen LogP contribution in [0.4, 0.5) is 0 Å². The van der Waals surface area contributed by atoms with Crippen molar-refractivity contribution in [3.05, 3.63) is 18.2 Å². The van der Waals surface area contributed by atoms with Gasteiger partial charge in [0.05, 0.1) is 6.33 Å². The minimum absolute atomic E-state index is 0.326. The zero-order chi connectivity index (χ0) is 11.9. The minimum atomic E-state index is 0.326.